The van der Waals surface area contributed by atoms with Crippen molar-refractivity contribution in [3.05, 3.63) is 29.3 Å². The first-order chi connectivity index (χ1) is 9.58. The second kappa shape index (κ2) is 4.63. The Hall–Kier alpha value is -2.37. The van der Waals surface area contributed by atoms with E-state index in [1.807, 2.05) is 6.07 Å². The van der Waals surface area contributed by atoms with Gasteiger partial charge in [-0.25, -0.2) is 0 Å². The van der Waals surface area contributed by atoms with E-state index in [-0.39, 0.29) is 0 Å². The van der Waals surface area contributed by atoms with Gasteiger partial charge in [-0.1, -0.05) is 0 Å². The third-order valence-electron chi connectivity index (χ3n) is 3.72. The molecule has 1 aromatic rings. The lowest BCUT2D eigenvalue weighted by Crippen LogP contribution is -2.34. The summed E-state index contributed by atoms with van der Waals surface area (Å²) >= 11 is 0. The van der Waals surface area contributed by atoms with Crippen LogP contribution in [0.3, 0.4) is 0 Å². The molecule has 2 aliphatic heterocycles. The van der Waals surface area contributed by atoms with Gasteiger partial charge in [-0.2, -0.15) is 0 Å². The van der Waals surface area contributed by atoms with Gasteiger partial charge in [0.05, 0.1) is 11.1 Å². The zero-order chi connectivity index (χ0) is 14.3. The van der Waals surface area contributed by atoms with Crippen molar-refractivity contribution in [2.45, 2.75) is 12.8 Å². The number of hydrogen-bond acceptors (Lipinski definition) is 4. The number of carbonyl (C=O) groups is 3. The molecule has 0 radical (unpaired) electrons. The molecule has 2 aliphatic rings. The quantitative estimate of drug-likeness (QED) is 0.831. The summed E-state index contributed by atoms with van der Waals surface area (Å²) in [6.45, 7) is 1.30. The van der Waals surface area contributed by atoms with Crippen molar-refractivity contribution in [3.63, 3.8) is 0 Å². The van der Waals surface area contributed by atoms with Gasteiger partial charge >= 0.3 is 5.97 Å². The van der Waals surface area contributed by atoms with Crippen LogP contribution >= 0.6 is 0 Å². The normalized spacial score (nSPS) is 17.8. The van der Waals surface area contributed by atoms with Crippen LogP contribution in [0.25, 0.3) is 0 Å². The second-order valence-electron chi connectivity index (χ2n) is 5.01. The number of carboxylic acid groups (broad SMARTS) is 1. The van der Waals surface area contributed by atoms with E-state index in [4.69, 9.17) is 5.11 Å². The van der Waals surface area contributed by atoms with Crippen LogP contribution in [-0.4, -0.2) is 47.4 Å². The number of carboxylic acids is 1. The molecule has 2 heterocycles. The molecule has 3 rings (SSSR count). The number of aliphatic carboxylic acids is 1. The van der Waals surface area contributed by atoms with Crippen LogP contribution < -0.4 is 4.90 Å². The minimum atomic E-state index is -1.20. The van der Waals surface area contributed by atoms with Crippen LogP contribution in [-0.2, 0) is 4.79 Å². The number of hydrogen-bond donors (Lipinski definition) is 1. The predicted octanol–water partition coefficient (Wildman–Crippen LogP) is 0.967. The van der Waals surface area contributed by atoms with E-state index in [0.29, 0.717) is 11.1 Å². The standard InChI is InChI=1S/C14H14N2O4/c17-12(18)8-16-13(19)10-4-3-9(7-11(10)14(16)20)15-5-1-2-6-15/h3-4,7H,1-2,5-6,8H2,(H,17,18). The topological polar surface area (TPSA) is 77.9 Å². The molecule has 1 saturated heterocycles. The molecule has 1 aromatic carbocycles. The van der Waals surface area contributed by atoms with Gasteiger partial charge in [0.15, 0.2) is 0 Å². The number of nitrogens with zero attached hydrogens (tertiary/aromatic N) is 2. The third kappa shape index (κ3) is 1.93. The molecule has 2 amide bonds. The van der Waals surface area contributed by atoms with Gasteiger partial charge in [-0.3, -0.25) is 19.3 Å². The van der Waals surface area contributed by atoms with Crippen molar-refractivity contribution in [2.75, 3.05) is 24.5 Å². The van der Waals surface area contributed by atoms with Crippen LogP contribution in [0.2, 0.25) is 0 Å². The monoisotopic (exact) mass is 274 g/mol. The van der Waals surface area contributed by atoms with Crippen LogP contribution in [0.5, 0.6) is 0 Å². The summed E-state index contributed by atoms with van der Waals surface area (Å²) in [7, 11) is 0. The summed E-state index contributed by atoms with van der Waals surface area (Å²) in [4.78, 5) is 37.8. The second-order valence-corrected chi connectivity index (χ2v) is 5.01. The van der Waals surface area contributed by atoms with E-state index in [9.17, 15) is 14.4 Å². The lowest BCUT2D eigenvalue weighted by Gasteiger charge is -2.17. The number of carbonyl (C=O) groups excluding carboxylic acids is 2. The number of rotatable bonds is 3. The lowest BCUT2D eigenvalue weighted by atomic mass is 10.1. The fourth-order valence-corrected chi connectivity index (χ4v) is 2.73. The number of benzene rings is 1. The molecule has 6 nitrogen and oxygen atoms in total. The maximum atomic E-state index is 12.1. The van der Waals surface area contributed by atoms with E-state index in [1.165, 1.54) is 0 Å². The predicted molar refractivity (Wildman–Crippen MR) is 70.9 cm³/mol. The third-order valence-corrected chi connectivity index (χ3v) is 3.72. The Morgan fingerprint density at radius 2 is 1.75 bits per heavy atom. The zero-order valence-electron chi connectivity index (χ0n) is 10.8. The molecular formula is C14H14N2O4. The van der Waals surface area contributed by atoms with Crippen molar-refractivity contribution in [1.29, 1.82) is 0 Å². The van der Waals surface area contributed by atoms with Crippen molar-refractivity contribution in [3.8, 4) is 0 Å². The smallest absolute Gasteiger partial charge is 0.323 e. The Labute approximate surface area is 115 Å². The van der Waals surface area contributed by atoms with Crippen LogP contribution in [0.15, 0.2) is 18.2 Å². The molecule has 0 spiro atoms. The zero-order valence-corrected chi connectivity index (χ0v) is 10.8. The van der Waals surface area contributed by atoms with Crippen LogP contribution in [0.1, 0.15) is 33.6 Å². The first-order valence-corrected chi connectivity index (χ1v) is 6.55. The maximum absolute atomic E-state index is 12.1. The summed E-state index contributed by atoms with van der Waals surface area (Å²) in [5, 5.41) is 8.76. The minimum absolute atomic E-state index is 0.291. The first-order valence-electron chi connectivity index (χ1n) is 6.55. The van der Waals surface area contributed by atoms with Gasteiger partial charge in [-0.15, -0.1) is 0 Å². The molecule has 1 N–H and O–H groups in total. The van der Waals surface area contributed by atoms with Gasteiger partial charge < -0.3 is 10.0 Å². The fourth-order valence-electron chi connectivity index (χ4n) is 2.73. The number of amides is 2. The van der Waals surface area contributed by atoms with E-state index >= 15 is 0 Å². The summed E-state index contributed by atoms with van der Waals surface area (Å²) < 4.78 is 0. The van der Waals surface area contributed by atoms with Crippen molar-refractivity contribution >= 4 is 23.5 Å². The summed E-state index contributed by atoms with van der Waals surface area (Å²) in [6.07, 6.45) is 2.24. The first kappa shape index (κ1) is 12.7. The summed E-state index contributed by atoms with van der Waals surface area (Å²) in [5.41, 5.74) is 1.51. The van der Waals surface area contributed by atoms with Gasteiger partial charge in [0, 0.05) is 18.8 Å². The molecule has 0 unspecified atom stereocenters. The highest BCUT2D eigenvalue weighted by Gasteiger charge is 2.37. The highest BCUT2D eigenvalue weighted by atomic mass is 16.4. The average molecular weight is 274 g/mol. The Bertz CT molecular complexity index is 605. The number of fused-ring (bicyclic) bond motifs is 1. The molecule has 0 atom stereocenters. The van der Waals surface area contributed by atoms with E-state index < -0.39 is 24.3 Å². The minimum Gasteiger partial charge on any atom is -0.480 e. The van der Waals surface area contributed by atoms with Gasteiger partial charge in [0.1, 0.15) is 6.54 Å². The number of anilines is 1. The average Bonchev–Trinajstić information content (AvgIpc) is 3.02. The fraction of sp³-hybridized carbons (Fsp3) is 0.357. The molecule has 0 bridgehead atoms. The Balaban J connectivity index is 1.94. The van der Waals surface area contributed by atoms with E-state index in [2.05, 4.69) is 4.90 Å². The highest BCUT2D eigenvalue weighted by molar-refractivity contribution is 6.22. The molecule has 104 valence electrons. The molecular weight excluding hydrogens is 260 g/mol. The van der Waals surface area contributed by atoms with Gasteiger partial charge in [-0.05, 0) is 31.0 Å². The Morgan fingerprint density at radius 1 is 1.10 bits per heavy atom. The highest BCUT2D eigenvalue weighted by Crippen LogP contribution is 2.28. The van der Waals surface area contributed by atoms with E-state index in [0.717, 1.165) is 36.5 Å². The molecule has 0 saturated carbocycles. The van der Waals surface area contributed by atoms with Crippen molar-refractivity contribution in [2.24, 2.45) is 0 Å². The number of imide groups is 1. The summed E-state index contributed by atoms with van der Waals surface area (Å²) in [5.74, 6) is -2.24. The molecule has 6 heteroatoms. The van der Waals surface area contributed by atoms with Crippen LogP contribution in [0.4, 0.5) is 5.69 Å². The van der Waals surface area contributed by atoms with Crippen LogP contribution in [0, 0.1) is 0 Å². The lowest BCUT2D eigenvalue weighted by molar-refractivity contribution is -0.137. The SMILES string of the molecule is O=C(O)CN1C(=O)c2ccc(N3CCCC3)cc2C1=O. The Morgan fingerprint density at radius 3 is 2.40 bits per heavy atom. The largest absolute Gasteiger partial charge is 0.480 e. The van der Waals surface area contributed by atoms with Gasteiger partial charge in [0.2, 0.25) is 0 Å². The molecule has 0 aromatic heterocycles. The van der Waals surface area contributed by atoms with Crippen molar-refractivity contribution in [1.82, 2.24) is 4.90 Å². The summed E-state index contributed by atoms with van der Waals surface area (Å²) in [6, 6.07) is 5.13. The Kier molecular flexibility index (Phi) is 2.93. The molecule has 1 fully saturated rings. The van der Waals surface area contributed by atoms with Gasteiger partial charge in [0.25, 0.3) is 11.8 Å². The molecule has 0 aliphatic carbocycles. The molecule has 20 heavy (non-hydrogen) atoms. The maximum Gasteiger partial charge on any atom is 0.323 e. The van der Waals surface area contributed by atoms with E-state index in [1.54, 1.807) is 12.1 Å². The van der Waals surface area contributed by atoms with Crippen molar-refractivity contribution < 1.29 is 19.5 Å².